The molecule has 0 aliphatic heterocycles. The largest absolute Gasteiger partial charge is 0.463 e. The number of anilines is 2. The molecule has 5 rings (SSSR count). The lowest BCUT2D eigenvalue weighted by molar-refractivity contribution is 0.0554. The monoisotopic (exact) mass is 437 g/mol. The third kappa shape index (κ3) is 3.78. The van der Waals surface area contributed by atoms with Crippen molar-refractivity contribution in [3.8, 4) is 22.6 Å². The smallest absolute Gasteiger partial charge is 0.376 e. The predicted octanol–water partition coefficient (Wildman–Crippen LogP) is 4.90. The molecule has 0 radical (unpaired) electrons. The molecule has 0 atom stereocenters. The zero-order valence-electron chi connectivity index (χ0n) is 18.0. The fourth-order valence-electron chi connectivity index (χ4n) is 3.62. The molecule has 0 saturated carbocycles. The molecule has 0 amide bonds. The second-order valence-corrected chi connectivity index (χ2v) is 7.25. The third-order valence-electron chi connectivity index (χ3n) is 5.23. The average Bonchev–Trinajstić information content (AvgIpc) is 3.38. The molecule has 0 bridgehead atoms. The van der Waals surface area contributed by atoms with Gasteiger partial charge in [-0.2, -0.15) is 0 Å². The first-order chi connectivity index (χ1) is 16.2. The number of hydrogen-bond donors (Lipinski definition) is 0. The highest BCUT2D eigenvalue weighted by atomic mass is 16.5. The van der Waals surface area contributed by atoms with Gasteiger partial charge in [0.2, 0.25) is 5.76 Å². The maximum absolute atomic E-state index is 11.8. The number of ether oxygens (including phenoxy) is 1. The second-order valence-electron chi connectivity index (χ2n) is 7.25. The summed E-state index contributed by atoms with van der Waals surface area (Å²) in [5, 5.41) is 4.85. The van der Waals surface area contributed by atoms with E-state index in [0.29, 0.717) is 17.3 Å². The van der Waals surface area contributed by atoms with Crippen LogP contribution in [0, 0.1) is 0 Å². The van der Waals surface area contributed by atoms with Crippen molar-refractivity contribution < 1.29 is 14.1 Å². The van der Waals surface area contributed by atoms with Crippen LogP contribution in [0.5, 0.6) is 0 Å². The van der Waals surface area contributed by atoms with Crippen molar-refractivity contribution >= 4 is 28.5 Å². The van der Waals surface area contributed by atoms with Crippen LogP contribution in [-0.2, 0) is 4.74 Å². The van der Waals surface area contributed by atoms with E-state index in [0.717, 1.165) is 27.8 Å². The number of carbonyl (C=O) groups is 1. The van der Waals surface area contributed by atoms with Gasteiger partial charge >= 0.3 is 5.97 Å². The fourth-order valence-corrected chi connectivity index (χ4v) is 3.62. The molecule has 0 aliphatic carbocycles. The molecule has 0 unspecified atom stereocenters. The Morgan fingerprint density at radius 3 is 2.55 bits per heavy atom. The minimum Gasteiger partial charge on any atom is -0.463 e. The number of esters is 1. The lowest BCUT2D eigenvalue weighted by Crippen LogP contribution is -2.14. The lowest BCUT2D eigenvalue weighted by Gasteiger charge is -2.21. The zero-order valence-corrected chi connectivity index (χ0v) is 18.0. The fraction of sp³-hybridized carbons (Fsp3) is 0.0800. The van der Waals surface area contributed by atoms with Crippen LogP contribution < -0.4 is 4.90 Å². The van der Waals surface area contributed by atoms with E-state index in [9.17, 15) is 4.79 Å². The summed E-state index contributed by atoms with van der Waals surface area (Å²) in [4.78, 5) is 27.8. The van der Waals surface area contributed by atoms with E-state index in [1.165, 1.54) is 13.2 Å². The topological polar surface area (TPSA) is 94.2 Å². The van der Waals surface area contributed by atoms with E-state index in [4.69, 9.17) is 19.2 Å². The number of rotatable bonds is 5. The molecule has 2 aromatic carbocycles. The molecule has 3 aromatic heterocycles. The first-order valence-corrected chi connectivity index (χ1v) is 10.2. The van der Waals surface area contributed by atoms with Gasteiger partial charge < -0.3 is 14.2 Å². The molecule has 8 nitrogen and oxygen atoms in total. The number of pyridine rings is 1. The number of aromatic nitrogens is 4. The maximum atomic E-state index is 11.8. The van der Waals surface area contributed by atoms with Crippen molar-refractivity contribution in [3.05, 3.63) is 84.8 Å². The van der Waals surface area contributed by atoms with Crippen molar-refractivity contribution in [1.82, 2.24) is 20.1 Å². The van der Waals surface area contributed by atoms with Crippen LogP contribution in [0.15, 0.2) is 83.5 Å². The summed E-state index contributed by atoms with van der Waals surface area (Å²) in [6, 6.07) is 23.1. The Morgan fingerprint density at radius 2 is 1.79 bits per heavy atom. The van der Waals surface area contributed by atoms with Gasteiger partial charge in [-0.3, -0.25) is 0 Å². The zero-order chi connectivity index (χ0) is 22.8. The van der Waals surface area contributed by atoms with E-state index < -0.39 is 5.97 Å². The summed E-state index contributed by atoms with van der Waals surface area (Å²) in [6.07, 6.45) is 1.73. The van der Waals surface area contributed by atoms with Crippen LogP contribution in [0.25, 0.3) is 33.5 Å². The van der Waals surface area contributed by atoms with Gasteiger partial charge in [0.25, 0.3) is 0 Å². The summed E-state index contributed by atoms with van der Waals surface area (Å²) >= 11 is 0. The predicted molar refractivity (Wildman–Crippen MR) is 124 cm³/mol. The second kappa shape index (κ2) is 8.51. The third-order valence-corrected chi connectivity index (χ3v) is 5.23. The van der Waals surface area contributed by atoms with Gasteiger partial charge in [0.1, 0.15) is 11.6 Å². The first-order valence-electron chi connectivity index (χ1n) is 10.2. The standard InChI is InChI=1S/C25H19N5O3/c1-30(21-13-6-7-14-26-21)24-22-17(16-9-4-3-5-10-16)11-8-12-18(22)27-23(28-24)19-15-20(33-29-19)25(31)32-2/h3-15H,1-2H3. The van der Waals surface area contributed by atoms with Gasteiger partial charge in [-0.15, -0.1) is 0 Å². The van der Waals surface area contributed by atoms with Crippen LogP contribution in [0.4, 0.5) is 11.6 Å². The summed E-state index contributed by atoms with van der Waals surface area (Å²) in [5.74, 6) is 1.06. The van der Waals surface area contributed by atoms with E-state index >= 15 is 0 Å². The van der Waals surface area contributed by atoms with Crippen molar-refractivity contribution in [1.29, 1.82) is 0 Å². The van der Waals surface area contributed by atoms with Gasteiger partial charge in [-0.25, -0.2) is 19.7 Å². The first kappa shape index (κ1) is 20.3. The van der Waals surface area contributed by atoms with Crippen LogP contribution in [0.2, 0.25) is 0 Å². The number of methoxy groups -OCH3 is 1. The highest BCUT2D eigenvalue weighted by Crippen LogP contribution is 2.37. The number of carbonyl (C=O) groups excluding carboxylic acids is 1. The maximum Gasteiger partial charge on any atom is 0.376 e. The number of hydrogen-bond acceptors (Lipinski definition) is 8. The minimum atomic E-state index is -0.619. The highest BCUT2D eigenvalue weighted by Gasteiger charge is 2.21. The molecule has 8 heteroatoms. The normalized spacial score (nSPS) is 10.8. The van der Waals surface area contributed by atoms with E-state index in [1.807, 2.05) is 78.7 Å². The molecule has 162 valence electrons. The van der Waals surface area contributed by atoms with Crippen molar-refractivity contribution in [2.45, 2.75) is 0 Å². The molecule has 5 aromatic rings. The Hall–Kier alpha value is -4.59. The van der Waals surface area contributed by atoms with Crippen molar-refractivity contribution in [2.24, 2.45) is 0 Å². The molecular formula is C25H19N5O3. The van der Waals surface area contributed by atoms with Crippen molar-refractivity contribution in [3.63, 3.8) is 0 Å². The lowest BCUT2D eigenvalue weighted by atomic mass is 10.0. The Balaban J connectivity index is 1.76. The molecule has 0 spiro atoms. The van der Waals surface area contributed by atoms with Crippen LogP contribution in [-0.4, -0.2) is 40.2 Å². The molecule has 0 aliphatic rings. The summed E-state index contributed by atoms with van der Waals surface area (Å²) < 4.78 is 9.84. The molecule has 3 heterocycles. The number of fused-ring (bicyclic) bond motifs is 1. The van der Waals surface area contributed by atoms with Gasteiger partial charge in [0, 0.05) is 19.3 Å². The van der Waals surface area contributed by atoms with Crippen LogP contribution >= 0.6 is 0 Å². The number of nitrogens with zero attached hydrogens (tertiary/aromatic N) is 5. The molecule has 0 N–H and O–H groups in total. The highest BCUT2D eigenvalue weighted by molar-refractivity contribution is 6.03. The van der Waals surface area contributed by atoms with E-state index in [2.05, 4.69) is 10.1 Å². The minimum absolute atomic E-state index is 0.0196. The Labute approximate surface area is 189 Å². The molecular weight excluding hydrogens is 418 g/mol. The molecule has 0 saturated heterocycles. The molecule has 0 fully saturated rings. The summed E-state index contributed by atoms with van der Waals surface area (Å²) in [7, 11) is 3.18. The Bertz CT molecular complexity index is 1430. The van der Waals surface area contributed by atoms with Crippen LogP contribution in [0.3, 0.4) is 0 Å². The Morgan fingerprint density at radius 1 is 0.970 bits per heavy atom. The van der Waals surface area contributed by atoms with Crippen LogP contribution in [0.1, 0.15) is 10.6 Å². The summed E-state index contributed by atoms with van der Waals surface area (Å²) in [6.45, 7) is 0. The van der Waals surface area contributed by atoms with Gasteiger partial charge in [-0.1, -0.05) is 53.7 Å². The quantitative estimate of drug-likeness (QED) is 0.358. The average molecular weight is 437 g/mol. The van der Waals surface area contributed by atoms with E-state index in [-0.39, 0.29) is 5.76 Å². The molecule has 33 heavy (non-hydrogen) atoms. The van der Waals surface area contributed by atoms with Gasteiger partial charge in [0.05, 0.1) is 18.0 Å². The summed E-state index contributed by atoms with van der Waals surface area (Å²) in [5.41, 5.74) is 3.09. The van der Waals surface area contributed by atoms with Gasteiger partial charge in [-0.05, 0) is 29.3 Å². The van der Waals surface area contributed by atoms with Gasteiger partial charge in [0.15, 0.2) is 11.5 Å². The number of benzene rings is 2. The van der Waals surface area contributed by atoms with Crippen molar-refractivity contribution in [2.75, 3.05) is 19.1 Å². The Kier molecular flexibility index (Phi) is 5.24. The SMILES string of the molecule is COC(=O)c1cc(-c2nc(N(C)c3ccccn3)c3c(-c4ccccc4)cccc3n2)no1. The van der Waals surface area contributed by atoms with E-state index in [1.54, 1.807) is 6.20 Å².